The monoisotopic (exact) mass is 210 g/mol. The lowest BCUT2D eigenvalue weighted by Crippen LogP contribution is -2.54. The van der Waals surface area contributed by atoms with Crippen molar-refractivity contribution in [1.29, 1.82) is 0 Å². The summed E-state index contributed by atoms with van der Waals surface area (Å²) in [5, 5.41) is 3.12. The van der Waals surface area contributed by atoms with Crippen molar-refractivity contribution in [3.8, 4) is 0 Å². The second-order valence-corrected chi connectivity index (χ2v) is 4.85. The summed E-state index contributed by atoms with van der Waals surface area (Å²) >= 11 is 0. The second-order valence-electron chi connectivity index (χ2n) is 4.85. The highest BCUT2D eigenvalue weighted by Crippen LogP contribution is 2.33. The van der Waals surface area contributed by atoms with E-state index in [0.29, 0.717) is 0 Å². The molecule has 0 spiro atoms. The van der Waals surface area contributed by atoms with Crippen LogP contribution in [0.5, 0.6) is 0 Å². The molecule has 0 bridgehead atoms. The highest BCUT2D eigenvalue weighted by atomic mass is 16.2. The van der Waals surface area contributed by atoms with Gasteiger partial charge in [-0.05, 0) is 33.8 Å². The number of carbonyl (C=O) groups excluding carboxylic acids is 2. The topological polar surface area (TPSA) is 49.4 Å². The molecule has 1 heterocycles. The third kappa shape index (κ3) is 1.69. The number of nitrogens with zero attached hydrogens (tertiary/aromatic N) is 1. The van der Waals surface area contributed by atoms with E-state index in [2.05, 4.69) is 11.9 Å². The molecule has 84 valence electrons. The molecular formula is C11H18N2O2. The fourth-order valence-electron chi connectivity index (χ4n) is 2.33. The van der Waals surface area contributed by atoms with Crippen LogP contribution in [0.3, 0.4) is 0 Å². The van der Waals surface area contributed by atoms with Crippen LogP contribution in [-0.2, 0) is 9.59 Å². The van der Waals surface area contributed by atoms with Gasteiger partial charge in [0.1, 0.15) is 6.29 Å². The van der Waals surface area contributed by atoms with Crippen molar-refractivity contribution in [2.75, 3.05) is 0 Å². The number of hydrogen-bond acceptors (Lipinski definition) is 3. The van der Waals surface area contributed by atoms with E-state index in [1.807, 2.05) is 27.7 Å². The molecule has 4 nitrogen and oxygen atoms in total. The summed E-state index contributed by atoms with van der Waals surface area (Å²) in [6, 6.07) is -0.351. The van der Waals surface area contributed by atoms with Gasteiger partial charge in [-0.2, -0.15) is 0 Å². The van der Waals surface area contributed by atoms with Crippen LogP contribution in [0.15, 0.2) is 12.7 Å². The quantitative estimate of drug-likeness (QED) is 0.539. The summed E-state index contributed by atoms with van der Waals surface area (Å²) in [7, 11) is 0. The molecule has 1 aliphatic heterocycles. The van der Waals surface area contributed by atoms with E-state index in [4.69, 9.17) is 0 Å². The molecule has 1 fully saturated rings. The van der Waals surface area contributed by atoms with Crippen molar-refractivity contribution in [2.45, 2.75) is 44.9 Å². The van der Waals surface area contributed by atoms with Gasteiger partial charge in [0.25, 0.3) is 0 Å². The van der Waals surface area contributed by atoms with Crippen molar-refractivity contribution in [3.63, 3.8) is 0 Å². The Labute approximate surface area is 90.3 Å². The predicted molar refractivity (Wildman–Crippen MR) is 58.2 cm³/mol. The maximum atomic E-state index is 11.8. The molecule has 1 rings (SSSR count). The van der Waals surface area contributed by atoms with Gasteiger partial charge in [0.15, 0.2) is 0 Å². The molecule has 0 aromatic rings. The van der Waals surface area contributed by atoms with Crippen LogP contribution in [0, 0.1) is 0 Å². The van der Waals surface area contributed by atoms with E-state index in [-0.39, 0.29) is 11.9 Å². The normalized spacial score (nSPS) is 27.5. The summed E-state index contributed by atoms with van der Waals surface area (Å²) in [4.78, 5) is 24.4. The maximum absolute atomic E-state index is 11.8. The minimum atomic E-state index is -0.531. The fourth-order valence-corrected chi connectivity index (χ4v) is 2.33. The minimum Gasteiger partial charge on any atom is -0.314 e. The first-order valence-corrected chi connectivity index (χ1v) is 4.97. The standard InChI is InChI=1S/C11H18N2O2/c1-6-9(15)13-10(2,3)8(7-14)12-11(13,4)5/h6-8,12H,1H2,2-5H3. The first kappa shape index (κ1) is 11.9. The molecule has 4 heteroatoms. The van der Waals surface area contributed by atoms with Crippen LogP contribution in [0.4, 0.5) is 0 Å². The second kappa shape index (κ2) is 3.45. The van der Waals surface area contributed by atoms with E-state index >= 15 is 0 Å². The third-order valence-corrected chi connectivity index (χ3v) is 2.94. The van der Waals surface area contributed by atoms with Crippen LogP contribution < -0.4 is 5.32 Å². The molecule has 1 amide bonds. The molecule has 0 radical (unpaired) electrons. The Hall–Kier alpha value is -1.16. The molecule has 15 heavy (non-hydrogen) atoms. The molecule has 0 saturated carbocycles. The van der Waals surface area contributed by atoms with Gasteiger partial charge in [-0.15, -0.1) is 0 Å². The van der Waals surface area contributed by atoms with E-state index in [9.17, 15) is 9.59 Å². The first-order valence-electron chi connectivity index (χ1n) is 4.97. The van der Waals surface area contributed by atoms with Gasteiger partial charge >= 0.3 is 0 Å². The zero-order chi connectivity index (χ0) is 11.9. The molecule has 0 aromatic carbocycles. The molecule has 1 aliphatic rings. The molecule has 1 unspecified atom stereocenters. The van der Waals surface area contributed by atoms with Crippen LogP contribution in [0.1, 0.15) is 27.7 Å². The fraction of sp³-hybridized carbons (Fsp3) is 0.636. The van der Waals surface area contributed by atoms with Crippen LogP contribution in [-0.4, -0.2) is 34.3 Å². The Balaban J connectivity index is 3.16. The zero-order valence-corrected chi connectivity index (χ0v) is 9.70. The highest BCUT2D eigenvalue weighted by molar-refractivity contribution is 5.89. The SMILES string of the molecule is C=CC(=O)N1C(C)(C)NC(C=O)C1(C)C. The van der Waals surface area contributed by atoms with E-state index in [0.717, 1.165) is 6.29 Å². The number of amides is 1. The Morgan fingerprint density at radius 2 is 1.93 bits per heavy atom. The number of aldehydes is 1. The molecule has 0 aromatic heterocycles. The number of carbonyl (C=O) groups is 2. The van der Waals surface area contributed by atoms with E-state index in [1.54, 1.807) is 4.90 Å². The molecule has 1 N–H and O–H groups in total. The average molecular weight is 210 g/mol. The lowest BCUT2D eigenvalue weighted by atomic mass is 9.95. The van der Waals surface area contributed by atoms with Gasteiger partial charge in [-0.3, -0.25) is 10.1 Å². The van der Waals surface area contributed by atoms with Crippen LogP contribution >= 0.6 is 0 Å². The largest absolute Gasteiger partial charge is 0.314 e. The van der Waals surface area contributed by atoms with Gasteiger partial charge in [-0.1, -0.05) is 6.58 Å². The number of nitrogens with one attached hydrogen (secondary N) is 1. The van der Waals surface area contributed by atoms with E-state index in [1.165, 1.54) is 6.08 Å². The summed E-state index contributed by atoms with van der Waals surface area (Å²) in [6.45, 7) is 11.0. The van der Waals surface area contributed by atoms with Crippen molar-refractivity contribution >= 4 is 12.2 Å². The van der Waals surface area contributed by atoms with Crippen molar-refractivity contribution in [3.05, 3.63) is 12.7 Å². The molecule has 0 aliphatic carbocycles. The smallest absolute Gasteiger partial charge is 0.247 e. The number of hydrogen-bond donors (Lipinski definition) is 1. The zero-order valence-electron chi connectivity index (χ0n) is 9.70. The van der Waals surface area contributed by atoms with Crippen LogP contribution in [0.2, 0.25) is 0 Å². The summed E-state index contributed by atoms with van der Waals surface area (Å²) in [5.41, 5.74) is -1.06. The Kier molecular flexibility index (Phi) is 2.74. The first-order chi connectivity index (χ1) is 6.77. The minimum absolute atomic E-state index is 0.165. The maximum Gasteiger partial charge on any atom is 0.247 e. The van der Waals surface area contributed by atoms with Gasteiger partial charge in [-0.25, -0.2) is 0 Å². The summed E-state index contributed by atoms with van der Waals surface area (Å²) in [5.74, 6) is -0.165. The van der Waals surface area contributed by atoms with Gasteiger partial charge < -0.3 is 9.69 Å². The average Bonchev–Trinajstić information content (AvgIpc) is 2.30. The number of rotatable bonds is 2. The van der Waals surface area contributed by atoms with Crippen molar-refractivity contribution in [1.82, 2.24) is 10.2 Å². The van der Waals surface area contributed by atoms with Gasteiger partial charge in [0.2, 0.25) is 5.91 Å². The van der Waals surface area contributed by atoms with Gasteiger partial charge in [0.05, 0.1) is 17.2 Å². The van der Waals surface area contributed by atoms with Gasteiger partial charge in [0, 0.05) is 0 Å². The molecule has 1 atom stereocenters. The Morgan fingerprint density at radius 3 is 2.27 bits per heavy atom. The van der Waals surface area contributed by atoms with Crippen molar-refractivity contribution < 1.29 is 9.59 Å². The third-order valence-electron chi connectivity index (χ3n) is 2.94. The Bertz CT molecular complexity index is 308. The predicted octanol–water partition coefficient (Wildman–Crippen LogP) is 0.686. The lowest BCUT2D eigenvalue weighted by Gasteiger charge is -2.39. The Morgan fingerprint density at radius 1 is 1.40 bits per heavy atom. The van der Waals surface area contributed by atoms with E-state index < -0.39 is 11.2 Å². The lowest BCUT2D eigenvalue weighted by molar-refractivity contribution is -0.134. The molecular weight excluding hydrogens is 192 g/mol. The molecule has 1 saturated heterocycles. The van der Waals surface area contributed by atoms with Crippen molar-refractivity contribution in [2.24, 2.45) is 0 Å². The highest BCUT2D eigenvalue weighted by Gasteiger charge is 2.52. The summed E-state index contributed by atoms with van der Waals surface area (Å²) in [6.07, 6.45) is 2.12. The van der Waals surface area contributed by atoms with Crippen LogP contribution in [0.25, 0.3) is 0 Å². The summed E-state index contributed by atoms with van der Waals surface area (Å²) < 4.78 is 0.